The van der Waals surface area contributed by atoms with Crippen molar-refractivity contribution in [1.82, 2.24) is 15.1 Å². The maximum Gasteiger partial charge on any atom is 0.228 e. The molecule has 0 unspecified atom stereocenters. The largest absolute Gasteiger partial charge is 0.343 e. The van der Waals surface area contributed by atoms with E-state index in [2.05, 4.69) is 10.2 Å². The average Bonchev–Trinajstić information content (AvgIpc) is 2.59. The molecule has 0 spiro atoms. The van der Waals surface area contributed by atoms with Gasteiger partial charge < -0.3 is 4.90 Å². The molecule has 4 heteroatoms. The molecule has 0 radical (unpaired) electrons. The number of nitrogens with one attached hydrogen (secondary N) is 1. The number of amides is 1. The normalized spacial score (nSPS) is 10.0. The van der Waals surface area contributed by atoms with Crippen molar-refractivity contribution in [2.75, 3.05) is 13.1 Å². The van der Waals surface area contributed by atoms with E-state index in [9.17, 15) is 4.79 Å². The second-order valence-corrected chi connectivity index (χ2v) is 2.82. The summed E-state index contributed by atoms with van der Waals surface area (Å²) >= 11 is 0. The monoisotopic (exact) mass is 181 g/mol. The van der Waals surface area contributed by atoms with Gasteiger partial charge in [0.1, 0.15) is 0 Å². The zero-order valence-electron chi connectivity index (χ0n) is 8.08. The topological polar surface area (TPSA) is 49.0 Å². The van der Waals surface area contributed by atoms with Crippen LogP contribution in [0.3, 0.4) is 0 Å². The Kier molecular flexibility index (Phi) is 3.49. The van der Waals surface area contributed by atoms with Crippen LogP contribution in [0.15, 0.2) is 12.3 Å². The standard InChI is InChI=1S/C9H15N3O/c1-3-12(4-2)9(13)7-8-5-6-10-11-8/h5-6H,3-4,7H2,1-2H3,(H,10,11). The van der Waals surface area contributed by atoms with Crippen LogP contribution in [-0.4, -0.2) is 34.1 Å². The van der Waals surface area contributed by atoms with Crippen LogP contribution in [0.5, 0.6) is 0 Å². The summed E-state index contributed by atoms with van der Waals surface area (Å²) in [7, 11) is 0. The van der Waals surface area contributed by atoms with Crippen molar-refractivity contribution in [2.45, 2.75) is 20.3 Å². The van der Waals surface area contributed by atoms with Gasteiger partial charge in [0.05, 0.1) is 6.42 Å². The summed E-state index contributed by atoms with van der Waals surface area (Å²) in [4.78, 5) is 13.4. The summed E-state index contributed by atoms with van der Waals surface area (Å²) in [6.07, 6.45) is 2.08. The Morgan fingerprint density at radius 1 is 1.54 bits per heavy atom. The molecule has 0 aliphatic carbocycles. The summed E-state index contributed by atoms with van der Waals surface area (Å²) in [5.74, 6) is 0.147. The van der Waals surface area contributed by atoms with Crippen LogP contribution in [-0.2, 0) is 11.2 Å². The molecule has 72 valence electrons. The Bertz CT molecular complexity index is 252. The minimum atomic E-state index is 0.147. The molecule has 0 aliphatic rings. The summed E-state index contributed by atoms with van der Waals surface area (Å²) in [6.45, 7) is 5.50. The number of aromatic nitrogens is 2. The molecule has 0 atom stereocenters. The minimum absolute atomic E-state index is 0.147. The number of hydrogen-bond acceptors (Lipinski definition) is 2. The lowest BCUT2D eigenvalue weighted by atomic mass is 10.3. The number of carbonyl (C=O) groups excluding carboxylic acids is 1. The fraction of sp³-hybridized carbons (Fsp3) is 0.556. The van der Waals surface area contributed by atoms with Crippen LogP contribution in [0.25, 0.3) is 0 Å². The Labute approximate surface area is 77.9 Å². The molecule has 0 saturated heterocycles. The predicted octanol–water partition coefficient (Wildman–Crippen LogP) is 0.821. The highest BCUT2D eigenvalue weighted by atomic mass is 16.2. The Hall–Kier alpha value is -1.32. The Morgan fingerprint density at radius 2 is 2.23 bits per heavy atom. The van der Waals surface area contributed by atoms with E-state index in [0.717, 1.165) is 18.8 Å². The first kappa shape index (κ1) is 9.77. The highest BCUT2D eigenvalue weighted by Crippen LogP contribution is 1.98. The van der Waals surface area contributed by atoms with Crippen LogP contribution >= 0.6 is 0 Å². The molecule has 13 heavy (non-hydrogen) atoms. The van der Waals surface area contributed by atoms with Crippen LogP contribution in [0.2, 0.25) is 0 Å². The van der Waals surface area contributed by atoms with Crippen molar-refractivity contribution >= 4 is 5.91 Å². The quantitative estimate of drug-likeness (QED) is 0.747. The van der Waals surface area contributed by atoms with Crippen LogP contribution < -0.4 is 0 Å². The molecule has 1 aromatic rings. The van der Waals surface area contributed by atoms with Crippen molar-refractivity contribution in [3.05, 3.63) is 18.0 Å². The van der Waals surface area contributed by atoms with Crippen molar-refractivity contribution in [3.63, 3.8) is 0 Å². The second kappa shape index (κ2) is 4.64. The summed E-state index contributed by atoms with van der Waals surface area (Å²) < 4.78 is 0. The van der Waals surface area contributed by atoms with Gasteiger partial charge in [-0.3, -0.25) is 9.89 Å². The van der Waals surface area contributed by atoms with Crippen molar-refractivity contribution < 1.29 is 4.79 Å². The fourth-order valence-electron chi connectivity index (χ4n) is 1.23. The first-order valence-electron chi connectivity index (χ1n) is 4.54. The zero-order chi connectivity index (χ0) is 9.68. The van der Waals surface area contributed by atoms with Gasteiger partial charge >= 0.3 is 0 Å². The van der Waals surface area contributed by atoms with Gasteiger partial charge in [0, 0.05) is 25.0 Å². The lowest BCUT2D eigenvalue weighted by Gasteiger charge is -2.17. The third kappa shape index (κ3) is 2.57. The number of likely N-dealkylation sites (N-methyl/N-ethyl adjacent to an activating group) is 1. The van der Waals surface area contributed by atoms with E-state index in [-0.39, 0.29) is 5.91 Å². The lowest BCUT2D eigenvalue weighted by molar-refractivity contribution is -0.130. The molecule has 0 bridgehead atoms. The number of nitrogens with zero attached hydrogens (tertiary/aromatic N) is 2. The van der Waals surface area contributed by atoms with E-state index < -0.39 is 0 Å². The molecular weight excluding hydrogens is 166 g/mol. The molecule has 4 nitrogen and oxygen atoms in total. The van der Waals surface area contributed by atoms with E-state index in [0.29, 0.717) is 6.42 Å². The van der Waals surface area contributed by atoms with Crippen molar-refractivity contribution in [3.8, 4) is 0 Å². The van der Waals surface area contributed by atoms with Crippen LogP contribution in [0.1, 0.15) is 19.5 Å². The number of aromatic amines is 1. The van der Waals surface area contributed by atoms with E-state index in [1.807, 2.05) is 19.9 Å². The van der Waals surface area contributed by atoms with Gasteiger partial charge in [-0.25, -0.2) is 0 Å². The summed E-state index contributed by atoms with van der Waals surface area (Å²) in [6, 6.07) is 1.82. The molecule has 0 saturated carbocycles. The highest BCUT2D eigenvalue weighted by molar-refractivity contribution is 5.78. The first-order chi connectivity index (χ1) is 6.27. The first-order valence-corrected chi connectivity index (χ1v) is 4.54. The average molecular weight is 181 g/mol. The number of hydrogen-bond donors (Lipinski definition) is 1. The van der Waals surface area contributed by atoms with E-state index >= 15 is 0 Å². The van der Waals surface area contributed by atoms with E-state index in [1.54, 1.807) is 11.1 Å². The van der Waals surface area contributed by atoms with Gasteiger partial charge in [-0.15, -0.1) is 0 Å². The predicted molar refractivity (Wildman–Crippen MR) is 50.2 cm³/mol. The van der Waals surface area contributed by atoms with Gasteiger partial charge in [0.25, 0.3) is 0 Å². The molecule has 1 rings (SSSR count). The zero-order valence-corrected chi connectivity index (χ0v) is 8.08. The smallest absolute Gasteiger partial charge is 0.228 e. The SMILES string of the molecule is CCN(CC)C(=O)Cc1ccn[nH]1. The fourth-order valence-corrected chi connectivity index (χ4v) is 1.23. The van der Waals surface area contributed by atoms with Gasteiger partial charge in [0.2, 0.25) is 5.91 Å². The molecule has 1 heterocycles. The van der Waals surface area contributed by atoms with E-state index in [1.165, 1.54) is 0 Å². The third-order valence-corrected chi connectivity index (χ3v) is 2.02. The number of rotatable bonds is 4. The Morgan fingerprint density at radius 3 is 2.69 bits per heavy atom. The second-order valence-electron chi connectivity index (χ2n) is 2.82. The number of H-pyrrole nitrogens is 1. The Balaban J connectivity index is 2.49. The van der Waals surface area contributed by atoms with Gasteiger partial charge in [-0.1, -0.05) is 0 Å². The van der Waals surface area contributed by atoms with Gasteiger partial charge in [-0.2, -0.15) is 5.10 Å². The molecule has 0 fully saturated rings. The van der Waals surface area contributed by atoms with Crippen LogP contribution in [0, 0.1) is 0 Å². The van der Waals surface area contributed by atoms with Crippen LogP contribution in [0.4, 0.5) is 0 Å². The molecule has 1 N–H and O–H groups in total. The lowest BCUT2D eigenvalue weighted by Crippen LogP contribution is -2.31. The molecule has 1 aromatic heterocycles. The van der Waals surface area contributed by atoms with Gasteiger partial charge in [-0.05, 0) is 19.9 Å². The highest BCUT2D eigenvalue weighted by Gasteiger charge is 2.10. The number of carbonyl (C=O) groups is 1. The maximum atomic E-state index is 11.6. The molecule has 1 amide bonds. The summed E-state index contributed by atoms with van der Waals surface area (Å²) in [5.41, 5.74) is 0.872. The maximum absolute atomic E-state index is 11.6. The molecule has 0 aliphatic heterocycles. The minimum Gasteiger partial charge on any atom is -0.343 e. The summed E-state index contributed by atoms with van der Waals surface area (Å²) in [5, 5.41) is 6.56. The van der Waals surface area contributed by atoms with E-state index in [4.69, 9.17) is 0 Å². The molecule has 0 aromatic carbocycles. The van der Waals surface area contributed by atoms with Crippen molar-refractivity contribution in [1.29, 1.82) is 0 Å². The third-order valence-electron chi connectivity index (χ3n) is 2.02. The molecular formula is C9H15N3O. The van der Waals surface area contributed by atoms with Crippen molar-refractivity contribution in [2.24, 2.45) is 0 Å². The van der Waals surface area contributed by atoms with Gasteiger partial charge in [0.15, 0.2) is 0 Å².